The van der Waals surface area contributed by atoms with Crippen molar-refractivity contribution in [2.75, 3.05) is 33.4 Å². The molecular weight excluding hydrogens is 402 g/mol. The van der Waals surface area contributed by atoms with Crippen LogP contribution in [0.1, 0.15) is 43.1 Å². The number of sulfonamides is 1. The SMILES string of the molecule is COc1cccc(S(=O)(=O)N2CCCC(Cn3c(C)cnc3C3CCOCC3)C2)c1. The first-order chi connectivity index (χ1) is 14.5. The summed E-state index contributed by atoms with van der Waals surface area (Å²) in [4.78, 5) is 5.00. The van der Waals surface area contributed by atoms with Crippen LogP contribution in [0.3, 0.4) is 0 Å². The van der Waals surface area contributed by atoms with E-state index in [9.17, 15) is 8.42 Å². The molecule has 1 aromatic carbocycles. The summed E-state index contributed by atoms with van der Waals surface area (Å²) in [5.74, 6) is 2.38. The first kappa shape index (κ1) is 21.3. The molecule has 30 heavy (non-hydrogen) atoms. The molecule has 164 valence electrons. The highest BCUT2D eigenvalue weighted by atomic mass is 32.2. The van der Waals surface area contributed by atoms with Crippen LogP contribution >= 0.6 is 0 Å². The van der Waals surface area contributed by atoms with Crippen molar-refractivity contribution in [2.45, 2.75) is 50.0 Å². The van der Waals surface area contributed by atoms with Crippen molar-refractivity contribution in [1.82, 2.24) is 13.9 Å². The monoisotopic (exact) mass is 433 g/mol. The third-order valence-corrected chi connectivity index (χ3v) is 8.14. The minimum Gasteiger partial charge on any atom is -0.497 e. The van der Waals surface area contributed by atoms with Gasteiger partial charge >= 0.3 is 0 Å². The van der Waals surface area contributed by atoms with E-state index in [4.69, 9.17) is 14.5 Å². The maximum Gasteiger partial charge on any atom is 0.243 e. The van der Waals surface area contributed by atoms with Crippen molar-refractivity contribution in [3.05, 3.63) is 42.0 Å². The van der Waals surface area contributed by atoms with Gasteiger partial charge in [-0.2, -0.15) is 4.31 Å². The van der Waals surface area contributed by atoms with Gasteiger partial charge in [0.2, 0.25) is 10.0 Å². The third kappa shape index (κ3) is 4.40. The zero-order chi connectivity index (χ0) is 21.1. The number of benzene rings is 1. The lowest BCUT2D eigenvalue weighted by Crippen LogP contribution is -2.41. The van der Waals surface area contributed by atoms with E-state index in [0.717, 1.165) is 57.0 Å². The summed E-state index contributed by atoms with van der Waals surface area (Å²) >= 11 is 0. The number of hydrogen-bond donors (Lipinski definition) is 0. The summed E-state index contributed by atoms with van der Waals surface area (Å²) in [7, 11) is -1.99. The van der Waals surface area contributed by atoms with E-state index in [1.165, 1.54) is 0 Å². The number of aryl methyl sites for hydroxylation is 1. The summed E-state index contributed by atoms with van der Waals surface area (Å²) in [6.07, 6.45) is 5.83. The molecule has 0 amide bonds. The van der Waals surface area contributed by atoms with Gasteiger partial charge in [-0.3, -0.25) is 0 Å². The van der Waals surface area contributed by atoms with Gasteiger partial charge in [-0.15, -0.1) is 0 Å². The number of aromatic nitrogens is 2. The second-order valence-electron chi connectivity index (χ2n) is 8.31. The summed E-state index contributed by atoms with van der Waals surface area (Å²) in [6, 6.07) is 6.73. The van der Waals surface area contributed by atoms with E-state index in [-0.39, 0.29) is 5.92 Å². The van der Waals surface area contributed by atoms with Gasteiger partial charge in [0.1, 0.15) is 11.6 Å². The van der Waals surface area contributed by atoms with Crippen LogP contribution in [0.15, 0.2) is 35.4 Å². The lowest BCUT2D eigenvalue weighted by Gasteiger charge is -2.33. The van der Waals surface area contributed by atoms with Crippen LogP contribution in [0.4, 0.5) is 0 Å². The predicted octanol–water partition coefficient (Wildman–Crippen LogP) is 3.20. The molecule has 1 atom stereocenters. The Kier molecular flexibility index (Phi) is 6.46. The molecule has 0 radical (unpaired) electrons. The van der Waals surface area contributed by atoms with Gasteiger partial charge in [0.05, 0.1) is 12.0 Å². The van der Waals surface area contributed by atoms with Gasteiger partial charge in [-0.05, 0) is 50.7 Å². The zero-order valence-electron chi connectivity index (χ0n) is 17.8. The van der Waals surface area contributed by atoms with Gasteiger partial charge in [-0.25, -0.2) is 13.4 Å². The van der Waals surface area contributed by atoms with Crippen molar-refractivity contribution in [3.8, 4) is 5.75 Å². The van der Waals surface area contributed by atoms with E-state index >= 15 is 0 Å². The Balaban J connectivity index is 1.50. The molecular formula is C22H31N3O4S. The molecule has 8 heteroatoms. The van der Waals surface area contributed by atoms with Gasteiger partial charge in [0.25, 0.3) is 0 Å². The van der Waals surface area contributed by atoms with E-state index in [1.807, 2.05) is 6.20 Å². The minimum atomic E-state index is -3.54. The van der Waals surface area contributed by atoms with E-state index in [1.54, 1.807) is 35.7 Å². The standard InChI is InChI=1S/C22H31N3O4S/c1-17-14-23-22(19-8-11-29-12-9-19)25(17)16-18-5-4-10-24(15-18)30(26,27)21-7-3-6-20(13-21)28-2/h3,6-7,13-14,18-19H,4-5,8-12,15-16H2,1-2H3. The van der Waals surface area contributed by atoms with Gasteiger partial charge in [0, 0.05) is 56.7 Å². The van der Waals surface area contributed by atoms with Gasteiger partial charge in [0.15, 0.2) is 0 Å². The molecule has 0 N–H and O–H groups in total. The normalized spacial score (nSPS) is 21.6. The Bertz CT molecular complexity index is 967. The Morgan fingerprint density at radius 2 is 2.03 bits per heavy atom. The Labute approximate surface area is 179 Å². The van der Waals surface area contributed by atoms with Crippen LogP contribution in [0.2, 0.25) is 0 Å². The lowest BCUT2D eigenvalue weighted by atomic mass is 9.97. The summed E-state index contributed by atoms with van der Waals surface area (Å²) in [5, 5.41) is 0. The van der Waals surface area contributed by atoms with Crippen molar-refractivity contribution in [1.29, 1.82) is 0 Å². The fourth-order valence-electron chi connectivity index (χ4n) is 4.56. The van der Waals surface area contributed by atoms with Crippen molar-refractivity contribution in [3.63, 3.8) is 0 Å². The van der Waals surface area contributed by atoms with Crippen LogP contribution in [0.25, 0.3) is 0 Å². The fourth-order valence-corrected chi connectivity index (χ4v) is 6.15. The first-order valence-electron chi connectivity index (χ1n) is 10.7. The Morgan fingerprint density at radius 3 is 2.80 bits per heavy atom. The third-order valence-electron chi connectivity index (χ3n) is 6.27. The van der Waals surface area contributed by atoms with Crippen molar-refractivity contribution in [2.24, 2.45) is 5.92 Å². The molecule has 0 saturated carbocycles. The molecule has 2 aliphatic rings. The number of imidazole rings is 1. The van der Waals surface area contributed by atoms with E-state index < -0.39 is 10.0 Å². The Hall–Kier alpha value is -1.90. The predicted molar refractivity (Wildman–Crippen MR) is 114 cm³/mol. The number of hydrogen-bond acceptors (Lipinski definition) is 5. The summed E-state index contributed by atoms with van der Waals surface area (Å²) in [5.41, 5.74) is 1.14. The fraction of sp³-hybridized carbons (Fsp3) is 0.591. The van der Waals surface area contributed by atoms with Crippen LogP contribution < -0.4 is 4.74 Å². The molecule has 0 bridgehead atoms. The molecule has 2 aromatic rings. The molecule has 0 spiro atoms. The van der Waals surface area contributed by atoms with Crippen molar-refractivity contribution < 1.29 is 17.9 Å². The number of ether oxygens (including phenoxy) is 2. The van der Waals surface area contributed by atoms with E-state index in [0.29, 0.717) is 29.7 Å². The van der Waals surface area contributed by atoms with Gasteiger partial charge in [-0.1, -0.05) is 6.07 Å². The number of piperidine rings is 1. The summed E-state index contributed by atoms with van der Waals surface area (Å²) in [6.45, 7) is 5.56. The molecule has 4 rings (SSSR count). The molecule has 7 nitrogen and oxygen atoms in total. The highest BCUT2D eigenvalue weighted by Crippen LogP contribution is 2.30. The topological polar surface area (TPSA) is 73.7 Å². The molecule has 1 aromatic heterocycles. The molecule has 3 heterocycles. The van der Waals surface area contributed by atoms with Crippen LogP contribution in [0.5, 0.6) is 5.75 Å². The molecule has 2 saturated heterocycles. The zero-order valence-corrected chi connectivity index (χ0v) is 18.6. The van der Waals surface area contributed by atoms with Crippen LogP contribution in [-0.4, -0.2) is 55.7 Å². The lowest BCUT2D eigenvalue weighted by molar-refractivity contribution is 0.0824. The minimum absolute atomic E-state index is 0.269. The smallest absolute Gasteiger partial charge is 0.243 e. The number of nitrogens with zero attached hydrogens (tertiary/aromatic N) is 3. The Morgan fingerprint density at radius 1 is 1.23 bits per heavy atom. The number of rotatable bonds is 6. The second-order valence-corrected chi connectivity index (χ2v) is 10.2. The molecule has 2 aliphatic heterocycles. The van der Waals surface area contributed by atoms with Gasteiger partial charge < -0.3 is 14.0 Å². The maximum absolute atomic E-state index is 13.2. The average Bonchev–Trinajstić information content (AvgIpc) is 3.14. The van der Waals surface area contributed by atoms with Crippen molar-refractivity contribution >= 4 is 10.0 Å². The average molecular weight is 434 g/mol. The highest BCUT2D eigenvalue weighted by molar-refractivity contribution is 7.89. The molecule has 0 aliphatic carbocycles. The van der Waals surface area contributed by atoms with Crippen LogP contribution in [-0.2, 0) is 21.3 Å². The highest BCUT2D eigenvalue weighted by Gasteiger charge is 2.31. The summed E-state index contributed by atoms with van der Waals surface area (Å²) < 4.78 is 41.1. The van der Waals surface area contributed by atoms with Crippen LogP contribution in [0, 0.1) is 12.8 Å². The quantitative estimate of drug-likeness (QED) is 0.699. The molecule has 2 fully saturated rings. The first-order valence-corrected chi connectivity index (χ1v) is 12.2. The van der Waals surface area contributed by atoms with E-state index in [2.05, 4.69) is 11.5 Å². The maximum atomic E-state index is 13.2. The number of methoxy groups -OCH3 is 1. The largest absolute Gasteiger partial charge is 0.497 e. The second kappa shape index (κ2) is 9.08. The molecule has 1 unspecified atom stereocenters.